The van der Waals surface area contributed by atoms with E-state index in [2.05, 4.69) is 19.0 Å². The molecule has 1 saturated heterocycles. The second kappa shape index (κ2) is 6.22. The molecule has 0 aliphatic carbocycles. The van der Waals surface area contributed by atoms with Crippen LogP contribution in [0.15, 0.2) is 18.2 Å². The maximum absolute atomic E-state index is 13.7. The lowest BCUT2D eigenvalue weighted by Gasteiger charge is -2.35. The molecule has 1 aromatic carbocycles. The Morgan fingerprint density at radius 2 is 2.05 bits per heavy atom. The predicted molar refractivity (Wildman–Crippen MR) is 76.9 cm³/mol. The number of benzene rings is 1. The van der Waals surface area contributed by atoms with Gasteiger partial charge in [0, 0.05) is 19.6 Å². The van der Waals surface area contributed by atoms with Gasteiger partial charge in [-0.25, -0.2) is 9.18 Å². The first kappa shape index (κ1) is 14.8. The molecule has 110 valence electrons. The van der Waals surface area contributed by atoms with Crippen molar-refractivity contribution >= 4 is 11.7 Å². The van der Waals surface area contributed by atoms with Gasteiger partial charge in [-0.3, -0.25) is 0 Å². The van der Waals surface area contributed by atoms with Gasteiger partial charge in [0.25, 0.3) is 0 Å². The minimum atomic E-state index is -1.20. The molecule has 0 unspecified atom stereocenters. The Morgan fingerprint density at radius 3 is 2.60 bits per heavy atom. The molecule has 0 bridgehead atoms. The third-order valence-corrected chi connectivity index (χ3v) is 3.78. The lowest BCUT2D eigenvalue weighted by Crippen LogP contribution is -2.37. The molecular formula is C15H21FN2O2. The lowest BCUT2D eigenvalue weighted by atomic mass is 9.95. The Bertz CT molecular complexity index is 483. The summed E-state index contributed by atoms with van der Waals surface area (Å²) in [6.07, 6.45) is 2.02. The Balaban J connectivity index is 2.11. The monoisotopic (exact) mass is 280 g/mol. The van der Waals surface area contributed by atoms with E-state index in [0.29, 0.717) is 11.6 Å². The molecule has 0 atom stereocenters. The van der Waals surface area contributed by atoms with Crippen LogP contribution in [0.5, 0.6) is 0 Å². The van der Waals surface area contributed by atoms with Gasteiger partial charge >= 0.3 is 5.97 Å². The summed E-state index contributed by atoms with van der Waals surface area (Å²) in [6, 6.07) is 4.47. The van der Waals surface area contributed by atoms with Gasteiger partial charge in [0.2, 0.25) is 0 Å². The molecule has 1 aliphatic rings. The second-order valence-corrected chi connectivity index (χ2v) is 5.63. The van der Waals surface area contributed by atoms with Crippen LogP contribution in [0.4, 0.5) is 10.1 Å². The third-order valence-electron chi connectivity index (χ3n) is 3.78. The van der Waals surface area contributed by atoms with Crippen LogP contribution >= 0.6 is 0 Å². The number of carbonyl (C=O) groups is 1. The Labute approximate surface area is 118 Å². The smallest absolute Gasteiger partial charge is 0.340 e. The van der Waals surface area contributed by atoms with Gasteiger partial charge in [0.05, 0.1) is 5.69 Å². The molecule has 4 nitrogen and oxygen atoms in total. The minimum Gasteiger partial charge on any atom is -0.478 e. The second-order valence-electron chi connectivity index (χ2n) is 5.63. The molecule has 1 fully saturated rings. The molecule has 0 radical (unpaired) electrons. The zero-order valence-corrected chi connectivity index (χ0v) is 12.0. The number of nitrogens with zero attached hydrogens (tertiary/aromatic N) is 2. The van der Waals surface area contributed by atoms with Crippen LogP contribution < -0.4 is 4.90 Å². The molecule has 5 heteroatoms. The zero-order chi connectivity index (χ0) is 14.7. The van der Waals surface area contributed by atoms with Gasteiger partial charge in [0.1, 0.15) is 11.4 Å². The minimum absolute atomic E-state index is 0.210. The highest BCUT2D eigenvalue weighted by Gasteiger charge is 2.24. The van der Waals surface area contributed by atoms with E-state index in [9.17, 15) is 14.3 Å². The maximum atomic E-state index is 13.7. The number of hydrogen-bond donors (Lipinski definition) is 1. The van der Waals surface area contributed by atoms with Crippen molar-refractivity contribution in [3.8, 4) is 0 Å². The van der Waals surface area contributed by atoms with E-state index in [1.807, 2.05) is 4.90 Å². The van der Waals surface area contributed by atoms with E-state index < -0.39 is 11.8 Å². The Morgan fingerprint density at radius 1 is 1.40 bits per heavy atom. The number of carboxylic acids is 1. The molecule has 0 amide bonds. The summed E-state index contributed by atoms with van der Waals surface area (Å²) in [5.41, 5.74) is 0.291. The standard InChI is InChI=1S/C15H21FN2O2/c1-17(2)10-11-6-8-18(9-7-11)13-5-3-4-12(16)14(13)15(19)20/h3-5,11H,6-10H2,1-2H3,(H,19,20). The van der Waals surface area contributed by atoms with E-state index in [0.717, 1.165) is 32.5 Å². The molecule has 20 heavy (non-hydrogen) atoms. The molecule has 0 aromatic heterocycles. The van der Waals surface area contributed by atoms with Gasteiger partial charge in [-0.2, -0.15) is 0 Å². The number of anilines is 1. The highest BCUT2D eigenvalue weighted by atomic mass is 19.1. The number of piperidine rings is 1. The lowest BCUT2D eigenvalue weighted by molar-refractivity contribution is 0.0692. The summed E-state index contributed by atoms with van der Waals surface area (Å²) >= 11 is 0. The highest BCUT2D eigenvalue weighted by molar-refractivity contribution is 5.94. The largest absolute Gasteiger partial charge is 0.478 e. The van der Waals surface area contributed by atoms with Crippen LogP contribution in [0.1, 0.15) is 23.2 Å². The van der Waals surface area contributed by atoms with Gasteiger partial charge < -0.3 is 14.9 Å². The van der Waals surface area contributed by atoms with Crippen molar-refractivity contribution < 1.29 is 14.3 Å². The molecule has 2 rings (SSSR count). The molecule has 0 saturated carbocycles. The summed E-state index contributed by atoms with van der Waals surface area (Å²) < 4.78 is 13.7. The quantitative estimate of drug-likeness (QED) is 0.919. The number of carboxylic acid groups (broad SMARTS) is 1. The summed E-state index contributed by atoms with van der Waals surface area (Å²) in [7, 11) is 4.11. The van der Waals surface area contributed by atoms with E-state index in [1.54, 1.807) is 12.1 Å². The SMILES string of the molecule is CN(C)CC1CCN(c2cccc(F)c2C(=O)O)CC1. The van der Waals surface area contributed by atoms with Crippen molar-refractivity contribution in [2.45, 2.75) is 12.8 Å². The van der Waals surface area contributed by atoms with Crippen LogP contribution in [0.25, 0.3) is 0 Å². The van der Waals surface area contributed by atoms with Gasteiger partial charge in [-0.1, -0.05) is 6.07 Å². The molecule has 0 spiro atoms. The van der Waals surface area contributed by atoms with Crippen molar-refractivity contribution in [2.75, 3.05) is 38.6 Å². The van der Waals surface area contributed by atoms with Crippen molar-refractivity contribution in [1.29, 1.82) is 0 Å². The summed E-state index contributed by atoms with van der Waals surface area (Å²) in [4.78, 5) is 15.4. The normalized spacial score (nSPS) is 16.7. The Hall–Kier alpha value is -1.62. The maximum Gasteiger partial charge on any atom is 0.340 e. The van der Waals surface area contributed by atoms with E-state index in [1.165, 1.54) is 6.07 Å². The molecule has 1 heterocycles. The predicted octanol–water partition coefficient (Wildman–Crippen LogP) is 2.30. The Kier molecular flexibility index (Phi) is 4.60. The first-order valence-corrected chi connectivity index (χ1v) is 6.90. The van der Waals surface area contributed by atoms with Crippen molar-refractivity contribution in [3.63, 3.8) is 0 Å². The highest BCUT2D eigenvalue weighted by Crippen LogP contribution is 2.28. The number of hydrogen-bond acceptors (Lipinski definition) is 3. The van der Waals surface area contributed by atoms with Crippen molar-refractivity contribution in [3.05, 3.63) is 29.6 Å². The molecule has 1 N–H and O–H groups in total. The van der Waals surface area contributed by atoms with Gasteiger partial charge in [0.15, 0.2) is 0 Å². The first-order chi connectivity index (χ1) is 9.49. The average molecular weight is 280 g/mol. The van der Waals surface area contributed by atoms with E-state index in [-0.39, 0.29) is 5.56 Å². The fourth-order valence-corrected chi connectivity index (χ4v) is 2.86. The van der Waals surface area contributed by atoms with Crippen LogP contribution in [0, 0.1) is 11.7 Å². The first-order valence-electron chi connectivity index (χ1n) is 6.90. The zero-order valence-electron chi connectivity index (χ0n) is 12.0. The van der Waals surface area contributed by atoms with Crippen molar-refractivity contribution in [2.24, 2.45) is 5.92 Å². The number of aromatic carboxylic acids is 1. The number of halogens is 1. The fourth-order valence-electron chi connectivity index (χ4n) is 2.86. The van der Waals surface area contributed by atoms with Gasteiger partial charge in [-0.05, 0) is 45.0 Å². The fraction of sp³-hybridized carbons (Fsp3) is 0.533. The molecule has 1 aliphatic heterocycles. The number of rotatable bonds is 4. The van der Waals surface area contributed by atoms with Gasteiger partial charge in [-0.15, -0.1) is 0 Å². The van der Waals surface area contributed by atoms with Crippen LogP contribution in [-0.2, 0) is 0 Å². The van der Waals surface area contributed by atoms with Crippen LogP contribution in [0.2, 0.25) is 0 Å². The molecular weight excluding hydrogens is 259 g/mol. The van der Waals surface area contributed by atoms with Crippen LogP contribution in [0.3, 0.4) is 0 Å². The summed E-state index contributed by atoms with van der Waals surface area (Å²) in [5, 5.41) is 9.17. The molecule has 1 aromatic rings. The third kappa shape index (κ3) is 3.28. The average Bonchev–Trinajstić information content (AvgIpc) is 2.38. The van der Waals surface area contributed by atoms with E-state index in [4.69, 9.17) is 0 Å². The topological polar surface area (TPSA) is 43.8 Å². The van der Waals surface area contributed by atoms with E-state index >= 15 is 0 Å². The van der Waals surface area contributed by atoms with Crippen LogP contribution in [-0.4, -0.2) is 49.7 Å². The summed E-state index contributed by atoms with van der Waals surface area (Å²) in [6.45, 7) is 2.60. The van der Waals surface area contributed by atoms with Crippen molar-refractivity contribution in [1.82, 2.24) is 4.90 Å². The summed E-state index contributed by atoms with van der Waals surface area (Å²) in [5.74, 6) is -1.23.